The van der Waals surface area contributed by atoms with Crippen LogP contribution in [-0.2, 0) is 21.4 Å². The van der Waals surface area contributed by atoms with E-state index in [2.05, 4.69) is 15.6 Å². The maximum Gasteiger partial charge on any atom is 0.329 e. The Morgan fingerprint density at radius 3 is 2.56 bits per heavy atom. The molecular weight excluding hydrogens is 412 g/mol. The number of carbonyl (C=O) groups is 3. The molecule has 2 aliphatic heterocycles. The third-order valence-corrected chi connectivity index (χ3v) is 6.06. The van der Waals surface area contributed by atoms with E-state index in [1.54, 1.807) is 18.1 Å². The summed E-state index contributed by atoms with van der Waals surface area (Å²) in [6.07, 6.45) is 2.20. The maximum absolute atomic E-state index is 12.9. The van der Waals surface area contributed by atoms with Gasteiger partial charge in [0.05, 0.1) is 17.6 Å². The molecule has 3 aromatic rings. The molecule has 2 fully saturated rings. The molecule has 10 heteroatoms. The van der Waals surface area contributed by atoms with Crippen LogP contribution in [0.4, 0.5) is 5.82 Å². The van der Waals surface area contributed by atoms with Gasteiger partial charge in [-0.05, 0) is 36.2 Å². The number of piperazine rings is 1. The van der Waals surface area contributed by atoms with Crippen LogP contribution < -0.4 is 21.2 Å². The summed E-state index contributed by atoms with van der Waals surface area (Å²) in [6, 6.07) is 8.56. The molecule has 2 aromatic heterocycles. The summed E-state index contributed by atoms with van der Waals surface area (Å²) < 4.78 is 2.96. The number of hydrogen-bond donors (Lipinski definition) is 2. The topological polar surface area (TPSA) is 118 Å². The van der Waals surface area contributed by atoms with Gasteiger partial charge in [0.2, 0.25) is 17.7 Å². The van der Waals surface area contributed by atoms with Crippen LogP contribution in [0.1, 0.15) is 18.9 Å². The van der Waals surface area contributed by atoms with E-state index in [1.807, 2.05) is 30.3 Å². The second-order valence-corrected chi connectivity index (χ2v) is 8.01. The van der Waals surface area contributed by atoms with Crippen LogP contribution in [0.15, 0.2) is 41.3 Å². The Morgan fingerprint density at radius 2 is 1.84 bits per heavy atom. The summed E-state index contributed by atoms with van der Waals surface area (Å²) in [5, 5.41) is 5.35. The largest absolute Gasteiger partial charge is 0.329 e. The number of benzene rings is 1. The Balaban J connectivity index is 1.50. The highest BCUT2D eigenvalue weighted by molar-refractivity contribution is 6.00. The fraction of sp³-hybridized carbons (Fsp3) is 0.318. The van der Waals surface area contributed by atoms with Gasteiger partial charge in [0.25, 0.3) is 0 Å². The van der Waals surface area contributed by atoms with Crippen LogP contribution in [0.5, 0.6) is 0 Å². The Hall–Kier alpha value is -3.79. The quantitative estimate of drug-likeness (QED) is 0.573. The Morgan fingerprint density at radius 1 is 1.03 bits per heavy atom. The fourth-order valence-electron chi connectivity index (χ4n) is 4.34. The zero-order chi connectivity index (χ0) is 22.4. The number of imidazole rings is 1. The lowest BCUT2D eigenvalue weighted by molar-refractivity contribution is -0.135. The molecule has 2 N–H and O–H groups in total. The molecule has 1 atom stereocenters. The van der Waals surface area contributed by atoms with Gasteiger partial charge in [-0.1, -0.05) is 6.07 Å². The first-order valence-electron chi connectivity index (χ1n) is 10.5. The monoisotopic (exact) mass is 434 g/mol. The molecule has 164 valence electrons. The average molecular weight is 434 g/mol. The van der Waals surface area contributed by atoms with Crippen LogP contribution in [-0.4, -0.2) is 51.5 Å². The van der Waals surface area contributed by atoms with Crippen molar-refractivity contribution < 1.29 is 14.4 Å². The van der Waals surface area contributed by atoms with Crippen molar-refractivity contribution in [1.29, 1.82) is 0 Å². The highest BCUT2D eigenvalue weighted by Crippen LogP contribution is 2.28. The van der Waals surface area contributed by atoms with Crippen LogP contribution in [0.2, 0.25) is 0 Å². The van der Waals surface area contributed by atoms with Crippen molar-refractivity contribution in [3.63, 3.8) is 0 Å². The second-order valence-electron chi connectivity index (χ2n) is 8.01. The smallest absolute Gasteiger partial charge is 0.307 e. The molecule has 2 saturated heterocycles. The van der Waals surface area contributed by atoms with Crippen molar-refractivity contribution in [3.05, 3.63) is 47.0 Å². The van der Waals surface area contributed by atoms with Gasteiger partial charge in [-0.15, -0.1) is 0 Å². The summed E-state index contributed by atoms with van der Waals surface area (Å²) >= 11 is 0. The predicted octanol–water partition coefficient (Wildman–Crippen LogP) is 0.316. The molecule has 3 amide bonds. The molecule has 0 radical (unpaired) electrons. The molecule has 4 heterocycles. The number of fused-ring (bicyclic) bond motifs is 1. The number of pyridine rings is 1. The molecule has 0 spiro atoms. The molecule has 0 saturated carbocycles. The van der Waals surface area contributed by atoms with Gasteiger partial charge in [-0.2, -0.15) is 0 Å². The summed E-state index contributed by atoms with van der Waals surface area (Å²) in [6.45, 7) is 1.61. The van der Waals surface area contributed by atoms with Gasteiger partial charge in [-0.25, -0.2) is 9.78 Å². The van der Waals surface area contributed by atoms with Gasteiger partial charge >= 0.3 is 5.69 Å². The van der Waals surface area contributed by atoms with Crippen molar-refractivity contribution in [2.24, 2.45) is 7.05 Å². The summed E-state index contributed by atoms with van der Waals surface area (Å²) in [5.41, 5.74) is 2.71. The molecule has 10 nitrogen and oxygen atoms in total. The van der Waals surface area contributed by atoms with E-state index in [-0.39, 0.29) is 23.9 Å². The number of piperidine rings is 1. The normalized spacial score (nSPS) is 19.5. The SMILES string of the molecule is Cn1c(=O)n(C2CCC(=O)NC2=O)c2ccc(-c3ccc(N4CCNCC4=O)nc3)cc21. The highest BCUT2D eigenvalue weighted by atomic mass is 16.2. The van der Waals surface area contributed by atoms with E-state index in [1.165, 1.54) is 9.13 Å². The van der Waals surface area contributed by atoms with Gasteiger partial charge in [0, 0.05) is 38.3 Å². The molecule has 0 bridgehead atoms. The van der Waals surface area contributed by atoms with Crippen molar-refractivity contribution in [1.82, 2.24) is 24.8 Å². The zero-order valence-corrected chi connectivity index (χ0v) is 17.5. The number of aryl methyl sites for hydroxylation is 1. The minimum Gasteiger partial charge on any atom is -0.307 e. The van der Waals surface area contributed by atoms with E-state index in [9.17, 15) is 19.2 Å². The third kappa shape index (κ3) is 3.28. The lowest BCUT2D eigenvalue weighted by atomic mass is 10.0. The fourth-order valence-corrected chi connectivity index (χ4v) is 4.34. The van der Waals surface area contributed by atoms with Crippen molar-refractivity contribution in [2.75, 3.05) is 24.5 Å². The number of aromatic nitrogens is 3. The van der Waals surface area contributed by atoms with Crippen molar-refractivity contribution in [2.45, 2.75) is 18.9 Å². The Kier molecular flexibility index (Phi) is 4.86. The van der Waals surface area contributed by atoms with E-state index in [0.717, 1.165) is 17.7 Å². The van der Waals surface area contributed by atoms with Crippen molar-refractivity contribution in [3.8, 4) is 11.1 Å². The van der Waals surface area contributed by atoms with E-state index < -0.39 is 11.9 Å². The standard InChI is InChI=1S/C22H22N6O4/c1-26-17-10-13(14-3-6-18(24-11-14)27-9-8-23-12-20(27)30)2-4-15(17)28(22(26)32)16-5-7-19(29)25-21(16)31/h2-4,6,10-11,16,23H,5,7-9,12H2,1H3,(H,25,29,31). The molecular formula is C22H22N6O4. The Bertz CT molecular complexity index is 1310. The first kappa shape index (κ1) is 20.1. The number of imide groups is 1. The first-order chi connectivity index (χ1) is 15.4. The number of anilines is 1. The third-order valence-electron chi connectivity index (χ3n) is 6.06. The molecule has 1 unspecified atom stereocenters. The minimum absolute atomic E-state index is 0.0114. The van der Waals surface area contributed by atoms with Gasteiger partial charge in [-0.3, -0.25) is 33.7 Å². The second kappa shape index (κ2) is 7.72. The Labute approximate surface area is 182 Å². The lowest BCUT2D eigenvalue weighted by Crippen LogP contribution is -2.48. The first-order valence-corrected chi connectivity index (χ1v) is 10.5. The zero-order valence-electron chi connectivity index (χ0n) is 17.5. The lowest BCUT2D eigenvalue weighted by Gasteiger charge is -2.26. The van der Waals surface area contributed by atoms with Crippen LogP contribution in [0.25, 0.3) is 22.2 Å². The summed E-state index contributed by atoms with van der Waals surface area (Å²) in [5.74, 6) is -0.178. The van der Waals surface area contributed by atoms with Gasteiger partial charge < -0.3 is 5.32 Å². The number of rotatable bonds is 3. The molecule has 0 aliphatic carbocycles. The molecule has 32 heavy (non-hydrogen) atoms. The summed E-state index contributed by atoms with van der Waals surface area (Å²) in [4.78, 5) is 55.0. The van der Waals surface area contributed by atoms with E-state index in [4.69, 9.17) is 0 Å². The number of amides is 3. The number of nitrogens with zero attached hydrogens (tertiary/aromatic N) is 4. The molecule has 1 aromatic carbocycles. The number of hydrogen-bond acceptors (Lipinski definition) is 6. The number of carbonyl (C=O) groups excluding carboxylic acids is 3. The van der Waals surface area contributed by atoms with Crippen LogP contribution in [0.3, 0.4) is 0 Å². The molecule has 5 rings (SSSR count). The predicted molar refractivity (Wildman–Crippen MR) is 117 cm³/mol. The number of nitrogens with one attached hydrogen (secondary N) is 2. The van der Waals surface area contributed by atoms with E-state index >= 15 is 0 Å². The summed E-state index contributed by atoms with van der Waals surface area (Å²) in [7, 11) is 1.66. The highest BCUT2D eigenvalue weighted by Gasteiger charge is 2.31. The van der Waals surface area contributed by atoms with Crippen molar-refractivity contribution >= 4 is 34.6 Å². The van der Waals surface area contributed by atoms with Gasteiger partial charge in [0.1, 0.15) is 11.9 Å². The van der Waals surface area contributed by atoms with Crippen LogP contribution >= 0.6 is 0 Å². The molecule has 2 aliphatic rings. The maximum atomic E-state index is 12.9. The average Bonchev–Trinajstić information content (AvgIpc) is 3.04. The van der Waals surface area contributed by atoms with Crippen LogP contribution in [0, 0.1) is 0 Å². The van der Waals surface area contributed by atoms with Gasteiger partial charge in [0.15, 0.2) is 0 Å². The van der Waals surface area contributed by atoms with E-state index in [0.29, 0.717) is 36.4 Å². The minimum atomic E-state index is -0.715.